The van der Waals surface area contributed by atoms with Gasteiger partial charge in [-0.1, -0.05) is 19.8 Å². The Morgan fingerprint density at radius 3 is 2.68 bits per heavy atom. The van der Waals surface area contributed by atoms with Crippen LogP contribution >= 0.6 is 24.0 Å². The maximum atomic E-state index is 10.3. The van der Waals surface area contributed by atoms with E-state index in [0.717, 1.165) is 57.8 Å². The summed E-state index contributed by atoms with van der Waals surface area (Å²) in [4.78, 5) is 4.75. The number of hydrogen-bond donors (Lipinski definition) is 4. The van der Waals surface area contributed by atoms with Crippen molar-refractivity contribution >= 4 is 29.9 Å². The van der Waals surface area contributed by atoms with Gasteiger partial charge in [0.25, 0.3) is 0 Å². The number of aliphatic imine (C=N–C) groups is 1. The van der Waals surface area contributed by atoms with Crippen LogP contribution in [-0.2, 0) is 4.74 Å². The van der Waals surface area contributed by atoms with Crippen molar-refractivity contribution in [3.05, 3.63) is 0 Å². The third-order valence-electron chi connectivity index (χ3n) is 5.68. The van der Waals surface area contributed by atoms with Gasteiger partial charge in [0.05, 0.1) is 19.3 Å². The zero-order valence-electron chi connectivity index (χ0n) is 15.7. The highest BCUT2D eigenvalue weighted by molar-refractivity contribution is 14.0. The second kappa shape index (κ2) is 10.9. The summed E-state index contributed by atoms with van der Waals surface area (Å²) in [5.74, 6) is 0.792. The van der Waals surface area contributed by atoms with Gasteiger partial charge >= 0.3 is 0 Å². The first kappa shape index (κ1) is 22.9. The van der Waals surface area contributed by atoms with Crippen LogP contribution in [0.3, 0.4) is 0 Å². The van der Waals surface area contributed by atoms with Crippen molar-refractivity contribution in [3.63, 3.8) is 0 Å². The molecule has 0 radical (unpaired) electrons. The SMILES string of the molecule is CCNC(=NCC1(CCO)CCOC1)NCC1(C)CCCCC1O.I. The summed E-state index contributed by atoms with van der Waals surface area (Å²) in [5, 5.41) is 26.4. The lowest BCUT2D eigenvalue weighted by molar-refractivity contribution is 0.00396. The van der Waals surface area contributed by atoms with E-state index < -0.39 is 0 Å². The summed E-state index contributed by atoms with van der Waals surface area (Å²) in [7, 11) is 0. The minimum absolute atomic E-state index is 0. The Kier molecular flexibility index (Phi) is 9.98. The molecule has 1 aliphatic carbocycles. The van der Waals surface area contributed by atoms with Crippen LogP contribution in [0.25, 0.3) is 0 Å². The molecular formula is C18H36IN3O3. The van der Waals surface area contributed by atoms with Gasteiger partial charge < -0.3 is 25.6 Å². The number of hydrogen-bond acceptors (Lipinski definition) is 4. The molecule has 25 heavy (non-hydrogen) atoms. The molecule has 1 saturated carbocycles. The fourth-order valence-electron chi connectivity index (χ4n) is 3.75. The Labute approximate surface area is 169 Å². The van der Waals surface area contributed by atoms with E-state index in [2.05, 4.69) is 24.5 Å². The van der Waals surface area contributed by atoms with Crippen molar-refractivity contribution in [1.82, 2.24) is 10.6 Å². The summed E-state index contributed by atoms with van der Waals surface area (Å²) in [6.45, 7) is 7.99. The van der Waals surface area contributed by atoms with Crippen molar-refractivity contribution < 1.29 is 14.9 Å². The zero-order valence-corrected chi connectivity index (χ0v) is 18.1. The first-order valence-corrected chi connectivity index (χ1v) is 9.42. The molecule has 3 atom stereocenters. The number of ether oxygens (including phenoxy) is 1. The van der Waals surface area contributed by atoms with Crippen LogP contribution in [0.2, 0.25) is 0 Å². The molecule has 6 nitrogen and oxygen atoms in total. The number of halogens is 1. The van der Waals surface area contributed by atoms with Crippen molar-refractivity contribution in [3.8, 4) is 0 Å². The number of aliphatic hydroxyl groups excluding tert-OH is 2. The van der Waals surface area contributed by atoms with Gasteiger partial charge in [0.1, 0.15) is 0 Å². The second-order valence-corrected chi connectivity index (χ2v) is 7.74. The van der Waals surface area contributed by atoms with Crippen molar-refractivity contribution in [2.45, 2.75) is 58.5 Å². The molecule has 7 heteroatoms. The van der Waals surface area contributed by atoms with E-state index in [4.69, 9.17) is 9.73 Å². The first-order valence-electron chi connectivity index (χ1n) is 9.42. The first-order chi connectivity index (χ1) is 11.5. The third kappa shape index (κ3) is 6.52. The largest absolute Gasteiger partial charge is 0.396 e. The second-order valence-electron chi connectivity index (χ2n) is 7.74. The minimum Gasteiger partial charge on any atom is -0.396 e. The van der Waals surface area contributed by atoms with E-state index in [-0.39, 0.29) is 47.5 Å². The van der Waals surface area contributed by atoms with E-state index in [9.17, 15) is 10.2 Å². The Morgan fingerprint density at radius 1 is 1.28 bits per heavy atom. The van der Waals surface area contributed by atoms with Crippen molar-refractivity contribution in [2.75, 3.05) is 39.5 Å². The zero-order chi connectivity index (χ0) is 17.5. The van der Waals surface area contributed by atoms with Crippen LogP contribution in [0.1, 0.15) is 52.4 Å². The van der Waals surface area contributed by atoms with E-state index >= 15 is 0 Å². The maximum absolute atomic E-state index is 10.3. The van der Waals surface area contributed by atoms with Crippen molar-refractivity contribution in [1.29, 1.82) is 0 Å². The molecule has 2 aliphatic rings. The molecule has 3 unspecified atom stereocenters. The van der Waals surface area contributed by atoms with Gasteiger partial charge in [-0.05, 0) is 32.6 Å². The smallest absolute Gasteiger partial charge is 0.191 e. The van der Waals surface area contributed by atoms with Gasteiger partial charge in [0.15, 0.2) is 5.96 Å². The standard InChI is InChI=1S/C18H35N3O3.HI/c1-3-19-16(20-12-17(2)7-5-4-6-15(17)23)21-13-18(8-10-22)9-11-24-14-18;/h15,22-23H,3-14H2,1-2H3,(H2,19,20,21);1H. The van der Waals surface area contributed by atoms with Gasteiger partial charge in [-0.25, -0.2) is 0 Å². The molecule has 0 aromatic heterocycles. The molecule has 2 rings (SSSR count). The highest BCUT2D eigenvalue weighted by Gasteiger charge is 2.36. The predicted molar refractivity (Wildman–Crippen MR) is 112 cm³/mol. The molecule has 4 N–H and O–H groups in total. The highest BCUT2D eigenvalue weighted by atomic mass is 127. The fourth-order valence-corrected chi connectivity index (χ4v) is 3.75. The summed E-state index contributed by atoms with van der Waals surface area (Å²) in [6.07, 6.45) is 5.67. The van der Waals surface area contributed by atoms with E-state index in [1.807, 2.05) is 0 Å². The van der Waals surface area contributed by atoms with Crippen LogP contribution in [0.5, 0.6) is 0 Å². The van der Waals surface area contributed by atoms with Gasteiger partial charge in [-0.15, -0.1) is 24.0 Å². The molecule has 0 spiro atoms. The quantitative estimate of drug-likeness (QED) is 0.260. The maximum Gasteiger partial charge on any atom is 0.191 e. The molecule has 2 fully saturated rings. The monoisotopic (exact) mass is 469 g/mol. The predicted octanol–water partition coefficient (Wildman–Crippen LogP) is 1.89. The summed E-state index contributed by atoms with van der Waals surface area (Å²) >= 11 is 0. The van der Waals surface area contributed by atoms with Crippen LogP contribution in [0.4, 0.5) is 0 Å². The molecule has 1 aliphatic heterocycles. The number of rotatable bonds is 7. The Hall–Kier alpha value is -0.120. The lowest BCUT2D eigenvalue weighted by Crippen LogP contribution is -2.48. The normalized spacial score (nSPS) is 33.0. The lowest BCUT2D eigenvalue weighted by atomic mass is 9.73. The van der Waals surface area contributed by atoms with Crippen molar-refractivity contribution in [2.24, 2.45) is 15.8 Å². The van der Waals surface area contributed by atoms with E-state index in [1.54, 1.807) is 0 Å². The molecular weight excluding hydrogens is 433 g/mol. The average Bonchev–Trinajstić information content (AvgIpc) is 3.02. The minimum atomic E-state index is -0.245. The summed E-state index contributed by atoms with van der Waals surface area (Å²) in [6, 6.07) is 0. The number of guanidine groups is 1. The van der Waals surface area contributed by atoms with Gasteiger partial charge in [0.2, 0.25) is 0 Å². The molecule has 148 valence electrons. The summed E-state index contributed by atoms with van der Waals surface area (Å²) < 4.78 is 5.54. The van der Waals surface area contributed by atoms with Gasteiger partial charge in [-0.3, -0.25) is 4.99 Å². The van der Waals surface area contributed by atoms with Crippen LogP contribution < -0.4 is 10.6 Å². The molecule has 0 bridgehead atoms. The molecule has 0 aromatic carbocycles. The fraction of sp³-hybridized carbons (Fsp3) is 0.944. The Balaban J connectivity index is 0.00000312. The molecule has 1 saturated heterocycles. The number of nitrogens with zero attached hydrogens (tertiary/aromatic N) is 1. The Morgan fingerprint density at radius 2 is 2.08 bits per heavy atom. The van der Waals surface area contributed by atoms with Gasteiger partial charge in [0, 0.05) is 37.1 Å². The number of nitrogens with one attached hydrogen (secondary N) is 2. The molecule has 1 heterocycles. The van der Waals surface area contributed by atoms with E-state index in [0.29, 0.717) is 13.2 Å². The Bertz CT molecular complexity index is 416. The van der Waals surface area contributed by atoms with E-state index in [1.165, 1.54) is 6.42 Å². The lowest BCUT2D eigenvalue weighted by Gasteiger charge is -2.39. The van der Waals surface area contributed by atoms with Gasteiger partial charge in [-0.2, -0.15) is 0 Å². The van der Waals surface area contributed by atoms with Crippen LogP contribution in [0, 0.1) is 10.8 Å². The topological polar surface area (TPSA) is 86.1 Å². The van der Waals surface area contributed by atoms with Crippen LogP contribution in [0.15, 0.2) is 4.99 Å². The third-order valence-corrected chi connectivity index (χ3v) is 5.68. The highest BCUT2D eigenvalue weighted by Crippen LogP contribution is 2.35. The van der Waals surface area contributed by atoms with Crippen LogP contribution in [-0.4, -0.2) is 61.7 Å². The molecule has 0 amide bonds. The average molecular weight is 469 g/mol. The summed E-state index contributed by atoms with van der Waals surface area (Å²) in [5.41, 5.74) is -0.126. The molecule has 0 aromatic rings. The number of aliphatic hydroxyl groups is 2.